The highest BCUT2D eigenvalue weighted by atomic mass is 15.3. The van der Waals surface area contributed by atoms with Crippen LogP contribution in [-0.2, 0) is 0 Å². The van der Waals surface area contributed by atoms with Crippen molar-refractivity contribution in [2.24, 2.45) is 9.98 Å². The standard InChI is InChI=1S/C7H9N3/c1-3-8-7-9-4-2-6-10(7)5-1/h1,3-4H,2,5-6H2. The van der Waals surface area contributed by atoms with Gasteiger partial charge >= 0.3 is 0 Å². The summed E-state index contributed by atoms with van der Waals surface area (Å²) in [5.74, 6) is 0.869. The predicted octanol–water partition coefficient (Wildman–Crippen LogP) is 0.646. The molecule has 0 N–H and O–H groups in total. The number of aliphatic imine (C=N–C) groups is 2. The molecule has 2 aliphatic heterocycles. The minimum absolute atomic E-state index is 0.869. The van der Waals surface area contributed by atoms with Gasteiger partial charge in [-0.2, -0.15) is 0 Å². The average molecular weight is 135 g/mol. The summed E-state index contributed by atoms with van der Waals surface area (Å²) in [5.41, 5.74) is 0. The van der Waals surface area contributed by atoms with Gasteiger partial charge in [0.25, 0.3) is 0 Å². The molecule has 3 heteroatoms. The molecule has 0 radical (unpaired) electrons. The molecule has 2 rings (SSSR count). The molecule has 0 aromatic carbocycles. The van der Waals surface area contributed by atoms with Crippen molar-refractivity contribution in [3.8, 4) is 0 Å². The van der Waals surface area contributed by atoms with Crippen LogP contribution in [0.3, 0.4) is 0 Å². The number of hydrogen-bond acceptors (Lipinski definition) is 3. The largest absolute Gasteiger partial charge is 0.337 e. The van der Waals surface area contributed by atoms with Gasteiger partial charge in [-0.25, -0.2) is 9.98 Å². The van der Waals surface area contributed by atoms with Gasteiger partial charge in [-0.15, -0.1) is 0 Å². The van der Waals surface area contributed by atoms with Crippen LogP contribution in [0.1, 0.15) is 6.42 Å². The Balaban J connectivity index is 2.27. The fourth-order valence-corrected chi connectivity index (χ4v) is 1.12. The lowest BCUT2D eigenvalue weighted by molar-refractivity contribution is 0.458. The van der Waals surface area contributed by atoms with Gasteiger partial charge < -0.3 is 4.90 Å². The highest BCUT2D eigenvalue weighted by molar-refractivity contribution is 5.90. The normalized spacial score (nSPS) is 22.4. The zero-order valence-corrected chi connectivity index (χ0v) is 5.70. The first-order valence-electron chi connectivity index (χ1n) is 3.47. The fraction of sp³-hybridized carbons (Fsp3) is 0.429. The second-order valence-corrected chi connectivity index (χ2v) is 2.36. The van der Waals surface area contributed by atoms with E-state index in [0.717, 1.165) is 25.5 Å². The zero-order valence-electron chi connectivity index (χ0n) is 5.70. The van der Waals surface area contributed by atoms with E-state index in [2.05, 4.69) is 14.9 Å². The van der Waals surface area contributed by atoms with Crippen LogP contribution < -0.4 is 0 Å². The van der Waals surface area contributed by atoms with Gasteiger partial charge in [-0.05, 0) is 6.08 Å². The number of rotatable bonds is 0. The zero-order chi connectivity index (χ0) is 6.81. The second kappa shape index (κ2) is 2.25. The van der Waals surface area contributed by atoms with Crippen molar-refractivity contribution in [3.05, 3.63) is 12.3 Å². The maximum atomic E-state index is 4.15. The summed E-state index contributed by atoms with van der Waals surface area (Å²) >= 11 is 0. The maximum absolute atomic E-state index is 4.15. The molecule has 0 unspecified atom stereocenters. The molecule has 10 heavy (non-hydrogen) atoms. The van der Waals surface area contributed by atoms with E-state index >= 15 is 0 Å². The summed E-state index contributed by atoms with van der Waals surface area (Å²) < 4.78 is 0. The van der Waals surface area contributed by atoms with Crippen LogP contribution in [0.15, 0.2) is 22.3 Å². The van der Waals surface area contributed by atoms with Crippen molar-refractivity contribution in [3.63, 3.8) is 0 Å². The lowest BCUT2D eigenvalue weighted by Gasteiger charge is -2.25. The quantitative estimate of drug-likeness (QED) is 0.479. The van der Waals surface area contributed by atoms with E-state index in [1.807, 2.05) is 18.5 Å². The summed E-state index contributed by atoms with van der Waals surface area (Å²) in [6, 6.07) is 0. The molecule has 0 bridgehead atoms. The minimum atomic E-state index is 0.869. The molecule has 0 amide bonds. The summed E-state index contributed by atoms with van der Waals surface area (Å²) in [6.07, 6.45) is 6.83. The second-order valence-electron chi connectivity index (χ2n) is 2.36. The molecule has 52 valence electrons. The topological polar surface area (TPSA) is 28.0 Å². The molecule has 2 heterocycles. The Morgan fingerprint density at radius 2 is 2.50 bits per heavy atom. The highest BCUT2D eigenvalue weighted by Gasteiger charge is 2.12. The van der Waals surface area contributed by atoms with E-state index in [0.29, 0.717) is 0 Å². The minimum Gasteiger partial charge on any atom is -0.337 e. The van der Waals surface area contributed by atoms with E-state index in [1.54, 1.807) is 0 Å². The number of hydrogen-bond donors (Lipinski definition) is 0. The van der Waals surface area contributed by atoms with Gasteiger partial charge in [0, 0.05) is 31.9 Å². The Morgan fingerprint density at radius 3 is 3.40 bits per heavy atom. The van der Waals surface area contributed by atoms with E-state index < -0.39 is 0 Å². The lowest BCUT2D eigenvalue weighted by Crippen LogP contribution is -2.35. The summed E-state index contributed by atoms with van der Waals surface area (Å²) in [4.78, 5) is 10.4. The Bertz CT molecular complexity index is 215. The third-order valence-corrected chi connectivity index (χ3v) is 1.64. The highest BCUT2D eigenvalue weighted by Crippen LogP contribution is 2.05. The molecule has 0 atom stereocenters. The van der Waals surface area contributed by atoms with Crippen LogP contribution in [0.5, 0.6) is 0 Å². The SMILES string of the molecule is C1=CN=C2N=CCCN2C1. The van der Waals surface area contributed by atoms with Crippen molar-refractivity contribution >= 4 is 12.2 Å². The third kappa shape index (κ3) is 0.835. The molecular weight excluding hydrogens is 126 g/mol. The third-order valence-electron chi connectivity index (χ3n) is 1.64. The maximum Gasteiger partial charge on any atom is 0.225 e. The molecule has 0 aromatic rings. The monoisotopic (exact) mass is 135 g/mol. The van der Waals surface area contributed by atoms with E-state index in [4.69, 9.17) is 0 Å². The molecular formula is C7H9N3. The molecule has 0 saturated carbocycles. The van der Waals surface area contributed by atoms with Crippen molar-refractivity contribution in [1.82, 2.24) is 4.90 Å². The molecule has 3 nitrogen and oxygen atoms in total. The average Bonchev–Trinajstić information content (AvgIpc) is 2.05. The summed E-state index contributed by atoms with van der Waals surface area (Å²) in [6.45, 7) is 2.03. The van der Waals surface area contributed by atoms with E-state index in [9.17, 15) is 0 Å². The van der Waals surface area contributed by atoms with Gasteiger partial charge in [0.2, 0.25) is 5.96 Å². The molecule has 0 spiro atoms. The first-order chi connectivity index (χ1) is 4.97. The van der Waals surface area contributed by atoms with Gasteiger partial charge in [0.05, 0.1) is 0 Å². The van der Waals surface area contributed by atoms with Gasteiger partial charge in [0.1, 0.15) is 0 Å². The van der Waals surface area contributed by atoms with Gasteiger partial charge in [-0.3, -0.25) is 0 Å². The Hall–Kier alpha value is -1.12. The molecule has 0 aliphatic carbocycles. The van der Waals surface area contributed by atoms with Crippen molar-refractivity contribution < 1.29 is 0 Å². The van der Waals surface area contributed by atoms with Crippen LogP contribution in [0.4, 0.5) is 0 Å². The number of nitrogens with zero attached hydrogens (tertiary/aromatic N) is 3. The van der Waals surface area contributed by atoms with E-state index in [-0.39, 0.29) is 0 Å². The predicted molar refractivity (Wildman–Crippen MR) is 41.3 cm³/mol. The first-order valence-corrected chi connectivity index (χ1v) is 3.47. The van der Waals surface area contributed by atoms with E-state index in [1.165, 1.54) is 0 Å². The lowest BCUT2D eigenvalue weighted by atomic mass is 10.3. The summed E-state index contributed by atoms with van der Waals surface area (Å²) in [5, 5.41) is 0. The number of fused-ring (bicyclic) bond motifs is 1. The van der Waals surface area contributed by atoms with Crippen LogP contribution in [0.25, 0.3) is 0 Å². The van der Waals surface area contributed by atoms with Crippen LogP contribution >= 0.6 is 0 Å². The van der Waals surface area contributed by atoms with Crippen molar-refractivity contribution in [2.45, 2.75) is 6.42 Å². The Kier molecular flexibility index (Phi) is 1.27. The van der Waals surface area contributed by atoms with Crippen LogP contribution in [0.2, 0.25) is 0 Å². The number of guanidine groups is 1. The van der Waals surface area contributed by atoms with Gasteiger partial charge in [-0.1, -0.05) is 0 Å². The molecule has 2 aliphatic rings. The summed E-state index contributed by atoms with van der Waals surface area (Å²) in [7, 11) is 0. The Morgan fingerprint density at radius 1 is 1.50 bits per heavy atom. The molecule has 0 saturated heterocycles. The molecule has 0 fully saturated rings. The van der Waals surface area contributed by atoms with Crippen LogP contribution in [0, 0.1) is 0 Å². The van der Waals surface area contributed by atoms with Crippen molar-refractivity contribution in [1.29, 1.82) is 0 Å². The fourth-order valence-electron chi connectivity index (χ4n) is 1.12. The van der Waals surface area contributed by atoms with Crippen LogP contribution in [-0.4, -0.2) is 30.2 Å². The Labute approximate surface area is 59.8 Å². The molecule has 0 aromatic heterocycles. The van der Waals surface area contributed by atoms with Crippen molar-refractivity contribution in [2.75, 3.05) is 13.1 Å². The smallest absolute Gasteiger partial charge is 0.225 e. The first kappa shape index (κ1) is 5.65. The van der Waals surface area contributed by atoms with Gasteiger partial charge in [0.15, 0.2) is 0 Å².